The molecular weight excluding hydrogens is 376 g/mol. The van der Waals surface area contributed by atoms with Gasteiger partial charge < -0.3 is 10.6 Å². The minimum atomic E-state index is -0.212. The summed E-state index contributed by atoms with van der Waals surface area (Å²) in [5.74, 6) is 0.597. The summed E-state index contributed by atoms with van der Waals surface area (Å²) in [5, 5.41) is 14.2. The summed E-state index contributed by atoms with van der Waals surface area (Å²) in [7, 11) is 0. The molecule has 0 atom stereocenters. The predicted octanol–water partition coefficient (Wildman–Crippen LogP) is 4.11. The van der Waals surface area contributed by atoms with Gasteiger partial charge in [-0.15, -0.1) is 0 Å². The summed E-state index contributed by atoms with van der Waals surface area (Å²) in [6.45, 7) is 0.511. The van der Waals surface area contributed by atoms with Gasteiger partial charge in [-0.3, -0.25) is 9.59 Å². The molecule has 0 saturated carbocycles. The number of hydrogen-bond acceptors (Lipinski definition) is 4. The molecule has 0 radical (unpaired) electrons. The molecule has 0 unspecified atom stereocenters. The second-order valence-electron chi connectivity index (χ2n) is 7.03. The Labute approximate surface area is 174 Å². The van der Waals surface area contributed by atoms with E-state index in [0.29, 0.717) is 30.6 Å². The van der Waals surface area contributed by atoms with Crippen molar-refractivity contribution in [2.75, 3.05) is 10.6 Å². The van der Waals surface area contributed by atoms with Crippen LogP contribution in [0, 0.1) is 0 Å². The highest BCUT2D eigenvalue weighted by Crippen LogP contribution is 2.18. The number of amides is 1. The zero-order chi connectivity index (χ0) is 20.8. The van der Waals surface area contributed by atoms with E-state index in [2.05, 4.69) is 20.8 Å². The predicted molar refractivity (Wildman–Crippen MR) is 120 cm³/mol. The fourth-order valence-electron chi connectivity index (χ4n) is 3.32. The van der Waals surface area contributed by atoms with E-state index >= 15 is 0 Å². The van der Waals surface area contributed by atoms with Crippen molar-refractivity contribution in [1.82, 2.24) is 10.2 Å². The van der Waals surface area contributed by atoms with E-state index in [1.807, 2.05) is 72.8 Å². The average molecular weight is 398 g/mol. The van der Waals surface area contributed by atoms with Gasteiger partial charge in [-0.05, 0) is 35.7 Å². The van der Waals surface area contributed by atoms with Crippen molar-refractivity contribution in [3.05, 3.63) is 100 Å². The molecule has 0 aliphatic carbocycles. The number of rotatable bonds is 7. The first kappa shape index (κ1) is 19.4. The lowest BCUT2D eigenvalue weighted by Crippen LogP contribution is -2.13. The van der Waals surface area contributed by atoms with E-state index in [-0.39, 0.29) is 11.5 Å². The third kappa shape index (κ3) is 4.72. The highest BCUT2D eigenvalue weighted by atomic mass is 16.1. The largest absolute Gasteiger partial charge is 0.364 e. The number of nitrogens with one attached hydrogen (secondary N) is 3. The number of fused-ring (bicyclic) bond motifs is 1. The summed E-state index contributed by atoms with van der Waals surface area (Å²) in [4.78, 5) is 24.2. The molecule has 1 amide bonds. The van der Waals surface area contributed by atoms with Crippen molar-refractivity contribution in [3.8, 4) is 0 Å². The highest BCUT2D eigenvalue weighted by molar-refractivity contribution is 5.91. The van der Waals surface area contributed by atoms with E-state index in [1.54, 1.807) is 6.07 Å². The molecule has 0 saturated heterocycles. The lowest BCUT2D eigenvalue weighted by atomic mass is 10.1. The van der Waals surface area contributed by atoms with Gasteiger partial charge in [0.15, 0.2) is 5.82 Å². The Morgan fingerprint density at radius 1 is 0.867 bits per heavy atom. The Morgan fingerprint density at radius 3 is 2.43 bits per heavy atom. The van der Waals surface area contributed by atoms with Crippen LogP contribution in [0.1, 0.15) is 17.5 Å². The van der Waals surface area contributed by atoms with Crippen LogP contribution in [-0.4, -0.2) is 16.1 Å². The lowest BCUT2D eigenvalue weighted by molar-refractivity contribution is -0.116. The topological polar surface area (TPSA) is 86.9 Å². The number of carbonyl (C=O) groups is 1. The van der Waals surface area contributed by atoms with E-state index in [9.17, 15) is 9.59 Å². The van der Waals surface area contributed by atoms with Crippen molar-refractivity contribution < 1.29 is 4.79 Å². The smallest absolute Gasteiger partial charge is 0.272 e. The number of carbonyl (C=O) groups excluding carboxylic acids is 1. The lowest BCUT2D eigenvalue weighted by Gasteiger charge is -2.10. The number of nitrogens with zero attached hydrogens (tertiary/aromatic N) is 1. The maximum Gasteiger partial charge on any atom is 0.272 e. The summed E-state index contributed by atoms with van der Waals surface area (Å²) in [6.07, 6.45) is 1.14. The van der Waals surface area contributed by atoms with Crippen LogP contribution in [0.2, 0.25) is 0 Å². The summed E-state index contributed by atoms with van der Waals surface area (Å²) < 4.78 is 0. The van der Waals surface area contributed by atoms with Gasteiger partial charge in [-0.25, -0.2) is 5.10 Å². The number of benzene rings is 3. The van der Waals surface area contributed by atoms with Crippen LogP contribution >= 0.6 is 0 Å². The van der Waals surface area contributed by atoms with Crippen LogP contribution in [0.15, 0.2) is 83.7 Å². The molecule has 1 aromatic heterocycles. The number of anilines is 2. The van der Waals surface area contributed by atoms with Crippen molar-refractivity contribution in [2.45, 2.75) is 19.4 Å². The molecule has 0 aliphatic heterocycles. The van der Waals surface area contributed by atoms with Crippen molar-refractivity contribution in [2.24, 2.45) is 0 Å². The Morgan fingerprint density at radius 2 is 1.60 bits per heavy atom. The van der Waals surface area contributed by atoms with Gasteiger partial charge in [-0.2, -0.15) is 5.10 Å². The summed E-state index contributed by atoms with van der Waals surface area (Å²) in [5.41, 5.74) is 2.68. The summed E-state index contributed by atoms with van der Waals surface area (Å²) in [6, 6.07) is 25.0. The summed E-state index contributed by atoms with van der Waals surface area (Å²) >= 11 is 0. The first-order valence-electron chi connectivity index (χ1n) is 9.83. The Kier molecular flexibility index (Phi) is 5.85. The minimum Gasteiger partial charge on any atom is -0.364 e. The van der Waals surface area contributed by atoms with Crippen molar-refractivity contribution in [3.63, 3.8) is 0 Å². The number of aromatic amines is 1. The van der Waals surface area contributed by atoms with Gasteiger partial charge >= 0.3 is 0 Å². The Bertz CT molecular complexity index is 1220. The number of aromatic nitrogens is 2. The van der Waals surface area contributed by atoms with E-state index in [4.69, 9.17) is 0 Å². The normalized spacial score (nSPS) is 10.7. The van der Waals surface area contributed by atoms with Crippen molar-refractivity contribution >= 4 is 28.2 Å². The number of hydrogen-bond donors (Lipinski definition) is 3. The molecule has 3 N–H and O–H groups in total. The molecule has 6 nitrogen and oxygen atoms in total. The first-order chi connectivity index (χ1) is 14.7. The van der Waals surface area contributed by atoms with Crippen LogP contribution in [0.5, 0.6) is 0 Å². The van der Waals surface area contributed by atoms with Crippen LogP contribution in [0.25, 0.3) is 10.8 Å². The molecule has 0 bridgehead atoms. The molecule has 4 rings (SSSR count). The third-order valence-electron chi connectivity index (χ3n) is 4.85. The van der Waals surface area contributed by atoms with Gasteiger partial charge in [0.2, 0.25) is 5.91 Å². The molecule has 3 aromatic carbocycles. The van der Waals surface area contributed by atoms with Crippen LogP contribution < -0.4 is 16.2 Å². The highest BCUT2D eigenvalue weighted by Gasteiger charge is 2.07. The molecule has 1 heterocycles. The number of H-pyrrole nitrogens is 1. The fraction of sp³-hybridized carbons (Fsp3) is 0.125. The maximum atomic E-state index is 12.3. The monoisotopic (exact) mass is 398 g/mol. The first-order valence-corrected chi connectivity index (χ1v) is 9.83. The van der Waals surface area contributed by atoms with Gasteiger partial charge in [0, 0.05) is 24.0 Å². The maximum absolute atomic E-state index is 12.3. The van der Waals surface area contributed by atoms with Gasteiger partial charge in [0.25, 0.3) is 5.56 Å². The Balaban J connectivity index is 1.39. The van der Waals surface area contributed by atoms with Gasteiger partial charge in [0.05, 0.1) is 5.39 Å². The molecule has 4 aromatic rings. The second-order valence-corrected chi connectivity index (χ2v) is 7.03. The molecule has 6 heteroatoms. The third-order valence-corrected chi connectivity index (χ3v) is 4.85. The Hall–Kier alpha value is -3.93. The van der Waals surface area contributed by atoms with Crippen LogP contribution in [-0.2, 0) is 17.8 Å². The molecule has 0 spiro atoms. The number of aryl methyl sites for hydroxylation is 1. The molecule has 30 heavy (non-hydrogen) atoms. The van der Waals surface area contributed by atoms with E-state index in [1.165, 1.54) is 0 Å². The SMILES string of the molecule is O=C(CCc1ccccc1)Nc1cccc(CNc2n[nH]c(=O)c3ccccc23)c1. The van der Waals surface area contributed by atoms with Gasteiger partial charge in [0.1, 0.15) is 0 Å². The molecule has 0 aliphatic rings. The average Bonchev–Trinajstić information content (AvgIpc) is 2.78. The zero-order valence-corrected chi connectivity index (χ0v) is 16.4. The second kappa shape index (κ2) is 9.05. The van der Waals surface area contributed by atoms with Crippen LogP contribution in [0.3, 0.4) is 0 Å². The minimum absolute atomic E-state index is 0.0164. The quantitative estimate of drug-likeness (QED) is 0.437. The zero-order valence-electron chi connectivity index (χ0n) is 16.4. The van der Waals surface area contributed by atoms with E-state index < -0.39 is 0 Å². The van der Waals surface area contributed by atoms with Crippen molar-refractivity contribution in [1.29, 1.82) is 0 Å². The fourth-order valence-corrected chi connectivity index (χ4v) is 3.32. The molecular formula is C24H22N4O2. The standard InChI is InChI=1S/C24H22N4O2/c29-22(14-13-17-7-2-1-3-8-17)26-19-10-6-9-18(15-19)16-25-23-20-11-4-5-12-21(20)24(30)28-27-23/h1-12,15H,13-14,16H2,(H,25,27)(H,26,29)(H,28,30). The molecule has 150 valence electrons. The van der Waals surface area contributed by atoms with Crippen LogP contribution in [0.4, 0.5) is 11.5 Å². The van der Waals surface area contributed by atoms with Gasteiger partial charge in [-0.1, -0.05) is 60.7 Å². The van der Waals surface area contributed by atoms with E-state index in [0.717, 1.165) is 22.2 Å². The molecule has 0 fully saturated rings.